The summed E-state index contributed by atoms with van der Waals surface area (Å²) in [6.07, 6.45) is -2.19. The molecule has 0 saturated heterocycles. The zero-order chi connectivity index (χ0) is 10.3. The SMILES string of the molecule is Nc1cn2c(n1)CC[C@H](C(F)(F)F)C2. The van der Waals surface area contributed by atoms with Crippen molar-refractivity contribution in [2.75, 3.05) is 5.73 Å². The monoisotopic (exact) mass is 205 g/mol. The van der Waals surface area contributed by atoms with E-state index in [0.29, 0.717) is 18.1 Å². The second-order valence-corrected chi connectivity index (χ2v) is 3.51. The van der Waals surface area contributed by atoms with Crippen LogP contribution in [0.25, 0.3) is 0 Å². The zero-order valence-corrected chi connectivity index (χ0v) is 7.38. The molecule has 0 aromatic carbocycles. The van der Waals surface area contributed by atoms with Crippen molar-refractivity contribution >= 4 is 5.82 Å². The normalized spacial score (nSPS) is 22.1. The lowest BCUT2D eigenvalue weighted by atomic mass is 9.99. The molecule has 1 aromatic heterocycles. The van der Waals surface area contributed by atoms with Crippen LogP contribution in [0.2, 0.25) is 0 Å². The van der Waals surface area contributed by atoms with Crippen molar-refractivity contribution in [3.63, 3.8) is 0 Å². The first-order valence-corrected chi connectivity index (χ1v) is 4.35. The number of aryl methyl sites for hydroxylation is 1. The summed E-state index contributed by atoms with van der Waals surface area (Å²) >= 11 is 0. The molecule has 0 fully saturated rings. The molecule has 0 saturated carbocycles. The van der Waals surface area contributed by atoms with Crippen LogP contribution in [0, 0.1) is 5.92 Å². The Labute approximate surface area is 78.7 Å². The van der Waals surface area contributed by atoms with Crippen LogP contribution in [0.5, 0.6) is 0 Å². The van der Waals surface area contributed by atoms with Gasteiger partial charge in [0.05, 0.1) is 5.92 Å². The van der Waals surface area contributed by atoms with E-state index in [1.165, 1.54) is 10.8 Å². The predicted octanol–water partition coefficient (Wildman–Crippen LogP) is 1.59. The van der Waals surface area contributed by atoms with E-state index < -0.39 is 12.1 Å². The van der Waals surface area contributed by atoms with Crippen LogP contribution in [-0.2, 0) is 13.0 Å². The van der Waals surface area contributed by atoms with Gasteiger partial charge in [-0.25, -0.2) is 4.98 Å². The van der Waals surface area contributed by atoms with Crippen LogP contribution in [0.1, 0.15) is 12.2 Å². The average molecular weight is 205 g/mol. The third-order valence-electron chi connectivity index (χ3n) is 2.47. The first kappa shape index (κ1) is 9.36. The van der Waals surface area contributed by atoms with Gasteiger partial charge >= 0.3 is 6.18 Å². The number of fused-ring (bicyclic) bond motifs is 1. The smallest absolute Gasteiger partial charge is 0.382 e. The quantitative estimate of drug-likeness (QED) is 0.699. The summed E-state index contributed by atoms with van der Waals surface area (Å²) in [6, 6.07) is 0. The van der Waals surface area contributed by atoms with E-state index in [4.69, 9.17) is 5.73 Å². The van der Waals surface area contributed by atoms with Gasteiger partial charge in [0.1, 0.15) is 11.6 Å². The first-order valence-electron chi connectivity index (χ1n) is 4.35. The number of hydrogen-bond donors (Lipinski definition) is 1. The Balaban J connectivity index is 2.21. The summed E-state index contributed by atoms with van der Waals surface area (Å²) in [5.74, 6) is -0.311. The maximum Gasteiger partial charge on any atom is 0.393 e. The van der Waals surface area contributed by atoms with Crippen LogP contribution >= 0.6 is 0 Å². The lowest BCUT2D eigenvalue weighted by molar-refractivity contribution is -0.182. The van der Waals surface area contributed by atoms with Crippen molar-refractivity contribution in [3.8, 4) is 0 Å². The van der Waals surface area contributed by atoms with Gasteiger partial charge in [-0.3, -0.25) is 0 Å². The van der Waals surface area contributed by atoms with E-state index in [1.54, 1.807) is 0 Å². The molecule has 78 valence electrons. The number of rotatable bonds is 0. The van der Waals surface area contributed by atoms with Crippen LogP contribution in [0.4, 0.5) is 19.0 Å². The fraction of sp³-hybridized carbons (Fsp3) is 0.625. The molecule has 0 aliphatic carbocycles. The van der Waals surface area contributed by atoms with Gasteiger partial charge in [0.15, 0.2) is 0 Å². The van der Waals surface area contributed by atoms with E-state index in [-0.39, 0.29) is 13.0 Å². The van der Waals surface area contributed by atoms with Gasteiger partial charge in [0.2, 0.25) is 0 Å². The molecule has 0 amide bonds. The van der Waals surface area contributed by atoms with Gasteiger partial charge in [-0.15, -0.1) is 0 Å². The van der Waals surface area contributed by atoms with E-state index in [9.17, 15) is 13.2 Å². The second kappa shape index (κ2) is 2.90. The van der Waals surface area contributed by atoms with E-state index >= 15 is 0 Å². The van der Waals surface area contributed by atoms with Crippen molar-refractivity contribution in [1.82, 2.24) is 9.55 Å². The second-order valence-electron chi connectivity index (χ2n) is 3.51. The Morgan fingerprint density at radius 3 is 2.86 bits per heavy atom. The highest BCUT2D eigenvalue weighted by molar-refractivity contribution is 5.26. The minimum Gasteiger partial charge on any atom is -0.382 e. The van der Waals surface area contributed by atoms with Gasteiger partial charge < -0.3 is 10.3 Å². The third-order valence-corrected chi connectivity index (χ3v) is 2.47. The molecule has 0 unspecified atom stereocenters. The highest BCUT2D eigenvalue weighted by Gasteiger charge is 2.41. The van der Waals surface area contributed by atoms with Gasteiger partial charge in [0.25, 0.3) is 0 Å². The Morgan fingerprint density at radius 1 is 1.50 bits per heavy atom. The fourth-order valence-electron chi connectivity index (χ4n) is 1.73. The Hall–Kier alpha value is -1.20. The molecule has 1 aliphatic rings. The lowest BCUT2D eigenvalue weighted by Gasteiger charge is -2.25. The molecule has 2 rings (SSSR count). The van der Waals surface area contributed by atoms with Gasteiger partial charge in [-0.1, -0.05) is 0 Å². The molecule has 0 spiro atoms. The molecule has 1 aliphatic heterocycles. The number of nitrogen functional groups attached to an aromatic ring is 1. The number of nitrogens with two attached hydrogens (primary N) is 1. The number of hydrogen-bond acceptors (Lipinski definition) is 2. The zero-order valence-electron chi connectivity index (χ0n) is 7.38. The Morgan fingerprint density at radius 2 is 2.21 bits per heavy atom. The molecule has 6 heteroatoms. The maximum atomic E-state index is 12.4. The highest BCUT2D eigenvalue weighted by atomic mass is 19.4. The summed E-state index contributed by atoms with van der Waals surface area (Å²) in [5.41, 5.74) is 5.40. The van der Waals surface area contributed by atoms with Crippen molar-refractivity contribution in [3.05, 3.63) is 12.0 Å². The van der Waals surface area contributed by atoms with Gasteiger partial charge in [0, 0.05) is 19.2 Å². The maximum absolute atomic E-state index is 12.4. The molecule has 14 heavy (non-hydrogen) atoms. The molecule has 1 atom stereocenters. The number of anilines is 1. The van der Waals surface area contributed by atoms with E-state index in [2.05, 4.69) is 4.98 Å². The lowest BCUT2D eigenvalue weighted by Crippen LogP contribution is -2.31. The summed E-state index contributed by atoms with van der Waals surface area (Å²) in [4.78, 5) is 3.94. The molecule has 2 heterocycles. The number of alkyl halides is 3. The molecule has 3 nitrogen and oxygen atoms in total. The van der Waals surface area contributed by atoms with E-state index in [0.717, 1.165) is 0 Å². The number of imidazole rings is 1. The summed E-state index contributed by atoms with van der Waals surface area (Å²) < 4.78 is 38.6. The third kappa shape index (κ3) is 1.56. The molecule has 2 N–H and O–H groups in total. The number of aromatic nitrogens is 2. The molecule has 1 aromatic rings. The van der Waals surface area contributed by atoms with Gasteiger partial charge in [-0.05, 0) is 6.42 Å². The van der Waals surface area contributed by atoms with Crippen LogP contribution in [0.15, 0.2) is 6.20 Å². The Bertz CT molecular complexity index is 342. The van der Waals surface area contributed by atoms with Crippen LogP contribution in [0.3, 0.4) is 0 Å². The summed E-state index contributed by atoms with van der Waals surface area (Å²) in [6.45, 7) is -0.0525. The van der Waals surface area contributed by atoms with Gasteiger partial charge in [-0.2, -0.15) is 13.2 Å². The van der Waals surface area contributed by atoms with Crippen LogP contribution in [-0.4, -0.2) is 15.7 Å². The van der Waals surface area contributed by atoms with Crippen molar-refractivity contribution < 1.29 is 13.2 Å². The predicted molar refractivity (Wildman–Crippen MR) is 44.5 cm³/mol. The number of nitrogens with zero attached hydrogens (tertiary/aromatic N) is 2. The summed E-state index contributed by atoms with van der Waals surface area (Å²) in [7, 11) is 0. The Kier molecular flexibility index (Phi) is 1.94. The minimum absolute atomic E-state index is 0.0525. The molecule has 0 bridgehead atoms. The number of halogens is 3. The highest BCUT2D eigenvalue weighted by Crippen LogP contribution is 2.34. The largest absolute Gasteiger partial charge is 0.393 e. The standard InChI is InChI=1S/C8H10F3N3/c9-8(10,11)5-1-2-7-13-6(12)4-14(7)3-5/h4-5H,1-3,12H2/t5-/m0/s1. The van der Waals surface area contributed by atoms with E-state index in [1.807, 2.05) is 0 Å². The first-order chi connectivity index (χ1) is 6.47. The molecule has 0 radical (unpaired) electrons. The molecular formula is C8H10F3N3. The topological polar surface area (TPSA) is 43.8 Å². The molecular weight excluding hydrogens is 195 g/mol. The summed E-state index contributed by atoms with van der Waals surface area (Å²) in [5, 5.41) is 0. The van der Waals surface area contributed by atoms with Crippen LogP contribution < -0.4 is 5.73 Å². The van der Waals surface area contributed by atoms with Crippen molar-refractivity contribution in [2.24, 2.45) is 5.92 Å². The average Bonchev–Trinajstić information content (AvgIpc) is 2.41. The minimum atomic E-state index is -4.11. The van der Waals surface area contributed by atoms with Crippen molar-refractivity contribution in [1.29, 1.82) is 0 Å². The fourth-order valence-corrected chi connectivity index (χ4v) is 1.73. The van der Waals surface area contributed by atoms with Crippen molar-refractivity contribution in [2.45, 2.75) is 25.6 Å².